The maximum absolute atomic E-state index is 14.1. The fraction of sp³-hybridized carbons (Fsp3) is 0.500. The standard InChI is InChI=1S/C22H30FN3O3/c1-3-5-9-13-24-21(27)19-16-29-20(25-19)15-26(14-10-6-4-2)22(28)17-11-7-8-12-18(17)23/h7-8,11-12,16H,3-6,9-10,13-15H2,1-2H3,(H,24,27). The lowest BCUT2D eigenvalue weighted by Gasteiger charge is -2.21. The second-order valence-corrected chi connectivity index (χ2v) is 7.00. The smallest absolute Gasteiger partial charge is 0.273 e. The number of hydrogen-bond donors (Lipinski definition) is 1. The van der Waals surface area contributed by atoms with Crippen LogP contribution >= 0.6 is 0 Å². The zero-order chi connectivity index (χ0) is 21.1. The number of benzene rings is 1. The van der Waals surface area contributed by atoms with Crippen LogP contribution in [0.25, 0.3) is 0 Å². The average molecular weight is 403 g/mol. The number of carbonyl (C=O) groups excluding carboxylic acids is 2. The van der Waals surface area contributed by atoms with E-state index >= 15 is 0 Å². The van der Waals surface area contributed by atoms with Crippen LogP contribution in [0.15, 0.2) is 34.9 Å². The Balaban J connectivity index is 2.05. The number of halogens is 1. The summed E-state index contributed by atoms with van der Waals surface area (Å²) >= 11 is 0. The fourth-order valence-electron chi connectivity index (χ4n) is 2.93. The lowest BCUT2D eigenvalue weighted by molar-refractivity contribution is 0.0720. The highest BCUT2D eigenvalue weighted by molar-refractivity contribution is 5.94. The largest absolute Gasteiger partial charge is 0.446 e. The fourth-order valence-corrected chi connectivity index (χ4v) is 2.93. The molecule has 1 heterocycles. The van der Waals surface area contributed by atoms with Crippen LogP contribution in [-0.2, 0) is 6.54 Å². The summed E-state index contributed by atoms with van der Waals surface area (Å²) in [4.78, 5) is 30.7. The molecule has 0 bridgehead atoms. The minimum absolute atomic E-state index is 0.0180. The van der Waals surface area contributed by atoms with E-state index in [0.717, 1.165) is 38.5 Å². The number of carbonyl (C=O) groups is 2. The highest BCUT2D eigenvalue weighted by Gasteiger charge is 2.21. The molecule has 0 fully saturated rings. The molecule has 0 spiro atoms. The summed E-state index contributed by atoms with van der Waals surface area (Å²) in [5, 5.41) is 2.81. The molecule has 0 atom stereocenters. The number of amides is 2. The van der Waals surface area contributed by atoms with Crippen LogP contribution in [0, 0.1) is 5.82 Å². The van der Waals surface area contributed by atoms with Gasteiger partial charge in [-0.2, -0.15) is 0 Å². The Morgan fingerprint density at radius 2 is 1.83 bits per heavy atom. The Kier molecular flexibility index (Phi) is 9.34. The van der Waals surface area contributed by atoms with Gasteiger partial charge in [-0.15, -0.1) is 0 Å². The monoisotopic (exact) mass is 403 g/mol. The van der Waals surface area contributed by atoms with Gasteiger partial charge in [0.1, 0.15) is 12.1 Å². The summed E-state index contributed by atoms with van der Waals surface area (Å²) in [5.41, 5.74) is 0.202. The third kappa shape index (κ3) is 7.00. The van der Waals surface area contributed by atoms with Crippen LogP contribution in [0.2, 0.25) is 0 Å². The first-order chi connectivity index (χ1) is 14.1. The lowest BCUT2D eigenvalue weighted by atomic mass is 10.1. The van der Waals surface area contributed by atoms with Crippen molar-refractivity contribution >= 4 is 11.8 Å². The molecule has 0 aliphatic heterocycles. The molecule has 6 nitrogen and oxygen atoms in total. The molecule has 1 aromatic carbocycles. The predicted octanol–water partition coefficient (Wildman–Crippen LogP) is 4.57. The van der Waals surface area contributed by atoms with Crippen molar-refractivity contribution in [3.63, 3.8) is 0 Å². The van der Waals surface area contributed by atoms with Gasteiger partial charge in [0.05, 0.1) is 12.1 Å². The average Bonchev–Trinajstić information content (AvgIpc) is 3.19. The van der Waals surface area contributed by atoms with Crippen LogP contribution in [0.3, 0.4) is 0 Å². The number of hydrogen-bond acceptors (Lipinski definition) is 4. The number of nitrogens with zero attached hydrogens (tertiary/aromatic N) is 2. The van der Waals surface area contributed by atoms with Crippen molar-refractivity contribution in [3.05, 3.63) is 53.5 Å². The molecule has 2 amide bonds. The van der Waals surface area contributed by atoms with Crippen LogP contribution in [0.4, 0.5) is 4.39 Å². The van der Waals surface area contributed by atoms with E-state index in [0.29, 0.717) is 13.1 Å². The number of rotatable bonds is 12. The second-order valence-electron chi connectivity index (χ2n) is 7.00. The van der Waals surface area contributed by atoms with E-state index < -0.39 is 11.7 Å². The van der Waals surface area contributed by atoms with Crippen molar-refractivity contribution in [2.45, 2.75) is 58.9 Å². The minimum atomic E-state index is -0.558. The Morgan fingerprint density at radius 3 is 2.55 bits per heavy atom. The first kappa shape index (κ1) is 22.6. The van der Waals surface area contributed by atoms with Gasteiger partial charge in [0.25, 0.3) is 11.8 Å². The van der Waals surface area contributed by atoms with E-state index in [2.05, 4.69) is 24.1 Å². The molecule has 0 saturated heterocycles. The van der Waals surface area contributed by atoms with Crippen molar-refractivity contribution in [2.75, 3.05) is 13.1 Å². The molecule has 0 aliphatic rings. The van der Waals surface area contributed by atoms with Gasteiger partial charge in [0.15, 0.2) is 5.69 Å². The van der Waals surface area contributed by atoms with Crippen LogP contribution < -0.4 is 5.32 Å². The first-order valence-corrected chi connectivity index (χ1v) is 10.3. The SMILES string of the molecule is CCCCCNC(=O)c1coc(CN(CCCCC)C(=O)c2ccccc2F)n1. The minimum Gasteiger partial charge on any atom is -0.446 e. The molecule has 2 aromatic rings. The quantitative estimate of drug-likeness (QED) is 0.527. The predicted molar refractivity (Wildman–Crippen MR) is 109 cm³/mol. The van der Waals surface area contributed by atoms with E-state index in [-0.39, 0.29) is 29.6 Å². The summed E-state index contributed by atoms with van der Waals surface area (Å²) in [6.07, 6.45) is 7.09. The molecular weight excluding hydrogens is 373 g/mol. The molecule has 1 N–H and O–H groups in total. The van der Waals surface area contributed by atoms with Crippen molar-refractivity contribution in [1.82, 2.24) is 15.2 Å². The zero-order valence-corrected chi connectivity index (χ0v) is 17.2. The molecule has 0 saturated carbocycles. The lowest BCUT2D eigenvalue weighted by Crippen LogP contribution is -2.32. The second kappa shape index (κ2) is 12.0. The molecule has 0 aliphatic carbocycles. The molecular formula is C22H30FN3O3. The Hall–Kier alpha value is -2.70. The highest BCUT2D eigenvalue weighted by Crippen LogP contribution is 2.15. The molecule has 0 unspecified atom stereocenters. The van der Waals surface area contributed by atoms with Crippen LogP contribution in [0.1, 0.15) is 79.1 Å². The van der Waals surface area contributed by atoms with E-state index in [4.69, 9.17) is 4.42 Å². The van der Waals surface area contributed by atoms with Crippen molar-refractivity contribution in [2.24, 2.45) is 0 Å². The van der Waals surface area contributed by atoms with Gasteiger partial charge in [0, 0.05) is 13.1 Å². The van der Waals surface area contributed by atoms with Gasteiger partial charge in [-0.05, 0) is 25.0 Å². The van der Waals surface area contributed by atoms with E-state index in [1.54, 1.807) is 12.1 Å². The van der Waals surface area contributed by atoms with Crippen molar-refractivity contribution in [3.8, 4) is 0 Å². The summed E-state index contributed by atoms with van der Waals surface area (Å²) in [5.74, 6) is -1.01. The third-order valence-electron chi connectivity index (χ3n) is 4.60. The van der Waals surface area contributed by atoms with Gasteiger partial charge >= 0.3 is 0 Å². The molecule has 2 rings (SSSR count). The molecule has 29 heavy (non-hydrogen) atoms. The normalized spacial score (nSPS) is 10.7. The van der Waals surface area contributed by atoms with Gasteiger partial charge in [-0.25, -0.2) is 9.37 Å². The Bertz CT molecular complexity index is 791. The van der Waals surface area contributed by atoms with E-state index in [1.807, 2.05) is 0 Å². The molecule has 158 valence electrons. The molecule has 1 aromatic heterocycles. The summed E-state index contributed by atoms with van der Waals surface area (Å²) in [6, 6.07) is 5.92. The van der Waals surface area contributed by atoms with Gasteiger partial charge in [0.2, 0.25) is 5.89 Å². The van der Waals surface area contributed by atoms with Gasteiger partial charge in [-0.3, -0.25) is 9.59 Å². The van der Waals surface area contributed by atoms with E-state index in [9.17, 15) is 14.0 Å². The van der Waals surface area contributed by atoms with Gasteiger partial charge in [-0.1, -0.05) is 51.7 Å². The number of unbranched alkanes of at least 4 members (excludes halogenated alkanes) is 4. The summed E-state index contributed by atoms with van der Waals surface area (Å²) in [6.45, 7) is 5.30. The summed E-state index contributed by atoms with van der Waals surface area (Å²) in [7, 11) is 0. The first-order valence-electron chi connectivity index (χ1n) is 10.3. The molecule has 0 radical (unpaired) electrons. The van der Waals surface area contributed by atoms with Crippen molar-refractivity contribution in [1.29, 1.82) is 0 Å². The maximum atomic E-state index is 14.1. The molecule has 7 heteroatoms. The topological polar surface area (TPSA) is 75.4 Å². The van der Waals surface area contributed by atoms with Crippen molar-refractivity contribution < 1.29 is 18.4 Å². The number of nitrogens with one attached hydrogen (secondary N) is 1. The maximum Gasteiger partial charge on any atom is 0.273 e. The number of oxazole rings is 1. The zero-order valence-electron chi connectivity index (χ0n) is 17.2. The third-order valence-corrected chi connectivity index (χ3v) is 4.60. The summed E-state index contributed by atoms with van der Waals surface area (Å²) < 4.78 is 19.5. The van der Waals surface area contributed by atoms with Gasteiger partial charge < -0.3 is 14.6 Å². The highest BCUT2D eigenvalue weighted by atomic mass is 19.1. The Morgan fingerprint density at radius 1 is 1.10 bits per heavy atom. The Labute approximate surface area is 171 Å². The number of aromatic nitrogens is 1. The van der Waals surface area contributed by atoms with Crippen LogP contribution in [-0.4, -0.2) is 34.8 Å². The van der Waals surface area contributed by atoms with Crippen LogP contribution in [0.5, 0.6) is 0 Å². The van der Waals surface area contributed by atoms with E-state index in [1.165, 1.54) is 23.3 Å².